The van der Waals surface area contributed by atoms with Gasteiger partial charge in [-0.25, -0.2) is 4.39 Å². The third-order valence-electron chi connectivity index (χ3n) is 3.13. The first-order chi connectivity index (χ1) is 9.02. The second kappa shape index (κ2) is 5.40. The van der Waals surface area contributed by atoms with Crippen LogP contribution in [-0.2, 0) is 6.18 Å². The van der Waals surface area contributed by atoms with Crippen LogP contribution in [0.2, 0.25) is 0 Å². The molecule has 0 aliphatic rings. The van der Waals surface area contributed by atoms with Crippen LogP contribution in [0, 0.1) is 5.82 Å². The fourth-order valence-corrected chi connectivity index (χ4v) is 1.48. The molecule has 1 rings (SSSR count). The Labute approximate surface area is 113 Å². The first-order valence-electron chi connectivity index (χ1n) is 5.77. The van der Waals surface area contributed by atoms with E-state index in [2.05, 4.69) is 0 Å². The van der Waals surface area contributed by atoms with Crippen molar-refractivity contribution in [1.29, 1.82) is 0 Å². The molecular weight excluding hydrogens is 278 g/mol. The highest BCUT2D eigenvalue weighted by molar-refractivity contribution is 5.95. The fourth-order valence-electron chi connectivity index (χ4n) is 1.48. The molecule has 0 saturated carbocycles. The molecule has 0 saturated heterocycles. The third-order valence-corrected chi connectivity index (χ3v) is 3.13. The minimum absolute atomic E-state index is 0.407. The van der Waals surface area contributed by atoms with Gasteiger partial charge in [0.1, 0.15) is 5.82 Å². The summed E-state index contributed by atoms with van der Waals surface area (Å²) in [5.74, 6) is -2.53. The summed E-state index contributed by atoms with van der Waals surface area (Å²) < 4.78 is 51.6. The van der Waals surface area contributed by atoms with Crippen LogP contribution in [0.15, 0.2) is 18.2 Å². The smallest absolute Gasteiger partial charge is 0.394 e. The molecule has 1 amide bonds. The summed E-state index contributed by atoms with van der Waals surface area (Å²) >= 11 is 0. The summed E-state index contributed by atoms with van der Waals surface area (Å²) in [7, 11) is 1.29. The summed E-state index contributed by atoms with van der Waals surface area (Å²) in [6.45, 7) is 2.61. The zero-order valence-corrected chi connectivity index (χ0v) is 11.3. The number of benzene rings is 1. The zero-order chi connectivity index (χ0) is 15.7. The van der Waals surface area contributed by atoms with E-state index in [-0.39, 0.29) is 0 Å². The number of hydrogen-bond acceptors (Lipinski definition) is 2. The summed E-state index contributed by atoms with van der Waals surface area (Å²) in [5, 5.41) is 9.15. The van der Waals surface area contributed by atoms with Gasteiger partial charge in [-0.1, -0.05) is 6.07 Å². The van der Waals surface area contributed by atoms with Crippen molar-refractivity contribution in [3.63, 3.8) is 0 Å². The topological polar surface area (TPSA) is 40.5 Å². The van der Waals surface area contributed by atoms with Crippen LogP contribution in [0.3, 0.4) is 0 Å². The van der Waals surface area contributed by atoms with Gasteiger partial charge in [-0.15, -0.1) is 0 Å². The van der Waals surface area contributed by atoms with Crippen molar-refractivity contribution < 1.29 is 27.5 Å². The third kappa shape index (κ3) is 3.09. The molecule has 0 aliphatic heterocycles. The number of carbonyl (C=O) groups excluding carboxylic acids is 1. The fraction of sp³-hybridized carbons (Fsp3) is 0.462. The summed E-state index contributed by atoms with van der Waals surface area (Å²) in [5.41, 5.74) is -3.18. The van der Waals surface area contributed by atoms with E-state index >= 15 is 0 Å². The Morgan fingerprint density at radius 2 is 1.85 bits per heavy atom. The summed E-state index contributed by atoms with van der Waals surface area (Å²) in [4.78, 5) is 13.1. The molecule has 112 valence electrons. The molecule has 3 nitrogen and oxygen atoms in total. The van der Waals surface area contributed by atoms with Gasteiger partial charge in [-0.3, -0.25) is 4.79 Å². The van der Waals surface area contributed by atoms with Crippen molar-refractivity contribution >= 4 is 5.91 Å². The first-order valence-corrected chi connectivity index (χ1v) is 5.77. The van der Waals surface area contributed by atoms with Gasteiger partial charge in [0.2, 0.25) is 0 Å². The number of halogens is 4. The van der Waals surface area contributed by atoms with E-state index in [0.29, 0.717) is 6.07 Å². The highest BCUT2D eigenvalue weighted by Crippen LogP contribution is 2.33. The maximum atomic E-state index is 13.8. The molecule has 0 atom stereocenters. The second-order valence-electron chi connectivity index (χ2n) is 5.00. The number of alkyl halides is 3. The van der Waals surface area contributed by atoms with Crippen molar-refractivity contribution in [1.82, 2.24) is 4.90 Å². The van der Waals surface area contributed by atoms with E-state index < -0.39 is 41.2 Å². The molecule has 0 fully saturated rings. The normalized spacial score (nSPS) is 12.4. The van der Waals surface area contributed by atoms with Gasteiger partial charge in [-0.05, 0) is 26.0 Å². The largest absolute Gasteiger partial charge is 0.419 e. The number of likely N-dealkylation sites (N-methyl/N-ethyl adjacent to an activating group) is 1. The van der Waals surface area contributed by atoms with Crippen LogP contribution in [0.5, 0.6) is 0 Å². The maximum Gasteiger partial charge on any atom is 0.419 e. The molecule has 0 spiro atoms. The van der Waals surface area contributed by atoms with E-state index in [0.717, 1.165) is 17.0 Å². The van der Waals surface area contributed by atoms with Crippen LogP contribution in [0.4, 0.5) is 17.6 Å². The van der Waals surface area contributed by atoms with Crippen LogP contribution in [0.1, 0.15) is 29.8 Å². The lowest BCUT2D eigenvalue weighted by Gasteiger charge is -2.34. The van der Waals surface area contributed by atoms with Crippen molar-refractivity contribution in [3.05, 3.63) is 35.1 Å². The quantitative estimate of drug-likeness (QED) is 0.870. The summed E-state index contributed by atoms with van der Waals surface area (Å²) in [6, 6.07) is 2.53. The minimum Gasteiger partial charge on any atom is -0.394 e. The Morgan fingerprint density at radius 3 is 2.30 bits per heavy atom. The molecule has 0 bridgehead atoms. The molecule has 0 heterocycles. The molecule has 1 aromatic rings. The van der Waals surface area contributed by atoms with Crippen molar-refractivity contribution in [2.75, 3.05) is 13.7 Å². The highest BCUT2D eigenvalue weighted by Gasteiger charge is 2.37. The zero-order valence-electron chi connectivity index (χ0n) is 11.3. The Hall–Kier alpha value is -1.63. The lowest BCUT2D eigenvalue weighted by molar-refractivity contribution is -0.140. The number of aliphatic hydroxyl groups is 1. The standard InChI is InChI=1S/C13H15F4NO2/c1-12(2,7-19)18(3)11(20)8-5-4-6-9(10(8)14)13(15,16)17/h4-6,19H,7H2,1-3H3. The molecule has 20 heavy (non-hydrogen) atoms. The van der Waals surface area contributed by atoms with Gasteiger partial charge in [0.05, 0.1) is 23.3 Å². The lowest BCUT2D eigenvalue weighted by atomic mass is 10.0. The van der Waals surface area contributed by atoms with E-state index in [1.165, 1.54) is 20.9 Å². The second-order valence-corrected chi connectivity index (χ2v) is 5.00. The van der Waals surface area contributed by atoms with E-state index in [9.17, 15) is 22.4 Å². The van der Waals surface area contributed by atoms with Crippen molar-refractivity contribution in [2.24, 2.45) is 0 Å². The number of carbonyl (C=O) groups is 1. The molecule has 0 unspecified atom stereocenters. The number of nitrogens with zero attached hydrogens (tertiary/aromatic N) is 1. The predicted octanol–water partition coefficient (Wildman–Crippen LogP) is 2.69. The Kier molecular flexibility index (Phi) is 4.43. The minimum atomic E-state index is -4.87. The Morgan fingerprint density at radius 1 is 1.30 bits per heavy atom. The van der Waals surface area contributed by atoms with Gasteiger partial charge in [-0.2, -0.15) is 13.2 Å². The van der Waals surface area contributed by atoms with E-state index in [1.54, 1.807) is 0 Å². The van der Waals surface area contributed by atoms with Crippen LogP contribution in [-0.4, -0.2) is 35.1 Å². The Balaban J connectivity index is 3.25. The average Bonchev–Trinajstić information content (AvgIpc) is 2.35. The van der Waals surface area contributed by atoms with E-state index in [4.69, 9.17) is 5.11 Å². The SMILES string of the molecule is CN(C(=O)c1cccc(C(F)(F)F)c1F)C(C)(C)CO. The van der Waals surface area contributed by atoms with Gasteiger partial charge in [0.15, 0.2) is 0 Å². The average molecular weight is 293 g/mol. The monoisotopic (exact) mass is 293 g/mol. The Bertz CT molecular complexity index is 512. The molecule has 0 aromatic heterocycles. The van der Waals surface area contributed by atoms with E-state index in [1.807, 2.05) is 0 Å². The van der Waals surface area contributed by atoms with Gasteiger partial charge < -0.3 is 10.0 Å². The van der Waals surface area contributed by atoms with Crippen LogP contribution >= 0.6 is 0 Å². The highest BCUT2D eigenvalue weighted by atomic mass is 19.4. The molecule has 0 aliphatic carbocycles. The van der Waals surface area contributed by atoms with Crippen LogP contribution < -0.4 is 0 Å². The van der Waals surface area contributed by atoms with Gasteiger partial charge in [0, 0.05) is 7.05 Å². The molecule has 0 radical (unpaired) electrons. The van der Waals surface area contributed by atoms with Gasteiger partial charge in [0.25, 0.3) is 5.91 Å². The van der Waals surface area contributed by atoms with Crippen molar-refractivity contribution in [2.45, 2.75) is 25.6 Å². The number of aliphatic hydroxyl groups excluding tert-OH is 1. The molecule has 1 N–H and O–H groups in total. The number of amides is 1. The number of rotatable bonds is 3. The first kappa shape index (κ1) is 16.4. The van der Waals surface area contributed by atoms with Crippen molar-refractivity contribution in [3.8, 4) is 0 Å². The maximum absolute atomic E-state index is 13.8. The molecule has 7 heteroatoms. The predicted molar refractivity (Wildman–Crippen MR) is 64.7 cm³/mol. The number of hydrogen-bond donors (Lipinski definition) is 1. The summed E-state index contributed by atoms with van der Waals surface area (Å²) in [6.07, 6.45) is -4.87. The molecule has 1 aromatic carbocycles. The van der Waals surface area contributed by atoms with Gasteiger partial charge >= 0.3 is 6.18 Å². The van der Waals surface area contributed by atoms with Crippen LogP contribution in [0.25, 0.3) is 0 Å². The lowest BCUT2D eigenvalue weighted by Crippen LogP contribution is -2.48. The molecular formula is C13H15F4NO2.